The molecule has 1 unspecified atom stereocenters. The molecule has 0 aromatic heterocycles. The molecule has 1 saturated carbocycles. The molecule has 1 atom stereocenters. The maximum absolute atomic E-state index is 6.41. The molecule has 1 aromatic carbocycles. The van der Waals surface area contributed by atoms with Gasteiger partial charge in [-0.3, -0.25) is 0 Å². The van der Waals surface area contributed by atoms with Crippen molar-refractivity contribution in [1.29, 1.82) is 0 Å². The summed E-state index contributed by atoms with van der Waals surface area (Å²) in [4.78, 5) is 0. The second-order valence-electron chi connectivity index (χ2n) is 5.10. The van der Waals surface area contributed by atoms with Gasteiger partial charge in [0, 0.05) is 11.5 Å². The van der Waals surface area contributed by atoms with Crippen LogP contribution in [0.1, 0.15) is 51.0 Å². The topological polar surface area (TPSA) is 26.0 Å². The van der Waals surface area contributed by atoms with E-state index >= 15 is 0 Å². The Morgan fingerprint density at radius 2 is 1.75 bits per heavy atom. The molecule has 0 radical (unpaired) electrons. The number of nitrogens with two attached hydrogens (primary N) is 1. The van der Waals surface area contributed by atoms with Crippen LogP contribution < -0.4 is 5.73 Å². The molecular weight excluding hydrogens is 194 g/mol. The Bertz CT molecular complexity index is 311. The molecule has 0 heterocycles. The minimum atomic E-state index is 0.258. The van der Waals surface area contributed by atoms with Gasteiger partial charge in [0.2, 0.25) is 0 Å². The van der Waals surface area contributed by atoms with Crippen LogP contribution in [-0.2, 0) is 5.41 Å². The standard InChI is InChI=1S/C15H23N/c1-2-14(16)15(11-7-4-8-12-15)13-9-5-3-6-10-13/h3,5-6,9-10,14H,2,4,7-8,11-12,16H2,1H3. The fourth-order valence-corrected chi connectivity index (χ4v) is 3.22. The van der Waals surface area contributed by atoms with Crippen LogP contribution >= 0.6 is 0 Å². The van der Waals surface area contributed by atoms with Gasteiger partial charge in [0.15, 0.2) is 0 Å². The first-order chi connectivity index (χ1) is 7.79. The predicted molar refractivity (Wildman–Crippen MR) is 69.5 cm³/mol. The van der Waals surface area contributed by atoms with Gasteiger partial charge in [-0.1, -0.05) is 56.5 Å². The van der Waals surface area contributed by atoms with Crippen molar-refractivity contribution in [2.24, 2.45) is 5.73 Å². The fourth-order valence-electron chi connectivity index (χ4n) is 3.22. The molecule has 0 bridgehead atoms. The van der Waals surface area contributed by atoms with Gasteiger partial charge < -0.3 is 5.73 Å². The Labute approximate surface area is 99.0 Å². The van der Waals surface area contributed by atoms with Crippen molar-refractivity contribution in [3.8, 4) is 0 Å². The molecule has 1 aromatic rings. The Morgan fingerprint density at radius 3 is 2.31 bits per heavy atom. The van der Waals surface area contributed by atoms with E-state index in [9.17, 15) is 0 Å². The van der Waals surface area contributed by atoms with Crippen LogP contribution in [0.15, 0.2) is 30.3 Å². The van der Waals surface area contributed by atoms with Gasteiger partial charge in [0.05, 0.1) is 0 Å². The quantitative estimate of drug-likeness (QED) is 0.822. The summed E-state index contributed by atoms with van der Waals surface area (Å²) in [5.74, 6) is 0. The van der Waals surface area contributed by atoms with Gasteiger partial charge in [0.25, 0.3) is 0 Å². The van der Waals surface area contributed by atoms with Crippen molar-refractivity contribution >= 4 is 0 Å². The van der Waals surface area contributed by atoms with Crippen molar-refractivity contribution in [2.45, 2.75) is 56.9 Å². The normalized spacial score (nSPS) is 21.6. The van der Waals surface area contributed by atoms with Crippen LogP contribution in [0.3, 0.4) is 0 Å². The molecule has 1 aliphatic rings. The highest BCUT2D eigenvalue weighted by molar-refractivity contribution is 5.28. The Hall–Kier alpha value is -0.820. The minimum Gasteiger partial charge on any atom is -0.327 e. The third-order valence-electron chi connectivity index (χ3n) is 4.24. The van der Waals surface area contributed by atoms with Crippen molar-refractivity contribution in [3.63, 3.8) is 0 Å². The van der Waals surface area contributed by atoms with Crippen LogP contribution in [0, 0.1) is 0 Å². The van der Waals surface area contributed by atoms with Gasteiger partial charge in [-0.15, -0.1) is 0 Å². The summed E-state index contributed by atoms with van der Waals surface area (Å²) in [6.45, 7) is 2.21. The van der Waals surface area contributed by atoms with Crippen molar-refractivity contribution in [2.75, 3.05) is 0 Å². The lowest BCUT2D eigenvalue weighted by molar-refractivity contribution is 0.238. The van der Waals surface area contributed by atoms with E-state index in [4.69, 9.17) is 5.73 Å². The lowest BCUT2D eigenvalue weighted by atomic mass is 9.64. The van der Waals surface area contributed by atoms with Crippen molar-refractivity contribution < 1.29 is 0 Å². The van der Waals surface area contributed by atoms with E-state index in [1.54, 1.807) is 0 Å². The molecule has 1 aliphatic carbocycles. The molecule has 0 spiro atoms. The average molecular weight is 217 g/mol. The first-order valence-electron chi connectivity index (χ1n) is 6.61. The van der Waals surface area contributed by atoms with E-state index in [-0.39, 0.29) is 5.41 Å². The van der Waals surface area contributed by atoms with Gasteiger partial charge in [0.1, 0.15) is 0 Å². The molecule has 1 fully saturated rings. The summed E-state index contributed by atoms with van der Waals surface area (Å²) in [7, 11) is 0. The third-order valence-corrected chi connectivity index (χ3v) is 4.24. The van der Waals surface area contributed by atoms with Gasteiger partial charge >= 0.3 is 0 Å². The summed E-state index contributed by atoms with van der Waals surface area (Å²) < 4.78 is 0. The molecule has 0 aliphatic heterocycles. The minimum absolute atomic E-state index is 0.258. The number of rotatable bonds is 3. The molecule has 1 heteroatoms. The second-order valence-corrected chi connectivity index (χ2v) is 5.10. The van der Waals surface area contributed by atoms with E-state index in [0.717, 1.165) is 6.42 Å². The average Bonchev–Trinajstić information content (AvgIpc) is 2.39. The summed E-state index contributed by atoms with van der Waals surface area (Å²) in [5, 5.41) is 0. The first kappa shape index (κ1) is 11.7. The summed E-state index contributed by atoms with van der Waals surface area (Å²) in [5.41, 5.74) is 8.13. The molecule has 2 rings (SSSR count). The summed E-state index contributed by atoms with van der Waals surface area (Å²) in [6.07, 6.45) is 7.67. The number of benzene rings is 1. The summed E-state index contributed by atoms with van der Waals surface area (Å²) in [6, 6.07) is 11.2. The van der Waals surface area contributed by atoms with E-state index in [1.807, 2.05) is 0 Å². The van der Waals surface area contributed by atoms with Gasteiger partial charge in [-0.25, -0.2) is 0 Å². The van der Waals surface area contributed by atoms with Crippen LogP contribution in [0.25, 0.3) is 0 Å². The Kier molecular flexibility index (Phi) is 3.65. The van der Waals surface area contributed by atoms with Crippen LogP contribution in [0.4, 0.5) is 0 Å². The lowest BCUT2D eigenvalue weighted by Crippen LogP contribution is -2.46. The van der Waals surface area contributed by atoms with Gasteiger partial charge in [-0.2, -0.15) is 0 Å². The van der Waals surface area contributed by atoms with E-state index in [0.29, 0.717) is 6.04 Å². The van der Waals surface area contributed by atoms with Crippen molar-refractivity contribution in [1.82, 2.24) is 0 Å². The lowest BCUT2D eigenvalue weighted by Gasteiger charge is -2.42. The molecule has 16 heavy (non-hydrogen) atoms. The zero-order valence-corrected chi connectivity index (χ0v) is 10.3. The molecule has 2 N–H and O–H groups in total. The first-order valence-corrected chi connectivity index (χ1v) is 6.61. The SMILES string of the molecule is CCC(N)C1(c2ccccc2)CCCCC1. The monoisotopic (exact) mass is 217 g/mol. The largest absolute Gasteiger partial charge is 0.327 e. The molecule has 88 valence electrons. The summed E-state index contributed by atoms with van der Waals surface area (Å²) >= 11 is 0. The smallest absolute Gasteiger partial charge is 0.0134 e. The van der Waals surface area contributed by atoms with E-state index < -0.39 is 0 Å². The highest BCUT2D eigenvalue weighted by Gasteiger charge is 2.38. The maximum Gasteiger partial charge on any atom is 0.0134 e. The molecule has 0 saturated heterocycles. The van der Waals surface area contributed by atoms with Crippen LogP contribution in [-0.4, -0.2) is 6.04 Å². The fraction of sp³-hybridized carbons (Fsp3) is 0.600. The maximum atomic E-state index is 6.41. The highest BCUT2D eigenvalue weighted by atomic mass is 14.7. The zero-order chi connectivity index (χ0) is 11.4. The highest BCUT2D eigenvalue weighted by Crippen LogP contribution is 2.42. The Morgan fingerprint density at radius 1 is 1.12 bits per heavy atom. The van der Waals surface area contributed by atoms with Crippen molar-refractivity contribution in [3.05, 3.63) is 35.9 Å². The molecule has 0 amide bonds. The number of hydrogen-bond acceptors (Lipinski definition) is 1. The van der Waals surface area contributed by atoms with Crippen LogP contribution in [0.5, 0.6) is 0 Å². The third kappa shape index (κ3) is 2.01. The molecule has 1 nitrogen and oxygen atoms in total. The Balaban J connectivity index is 2.34. The molecular formula is C15H23N. The van der Waals surface area contributed by atoms with Gasteiger partial charge in [-0.05, 0) is 24.8 Å². The zero-order valence-electron chi connectivity index (χ0n) is 10.3. The van der Waals surface area contributed by atoms with E-state index in [2.05, 4.69) is 37.3 Å². The predicted octanol–water partition coefficient (Wildman–Crippen LogP) is 3.63. The van der Waals surface area contributed by atoms with E-state index in [1.165, 1.54) is 37.7 Å². The number of hydrogen-bond donors (Lipinski definition) is 1. The second kappa shape index (κ2) is 5.01. The van der Waals surface area contributed by atoms with Crippen LogP contribution in [0.2, 0.25) is 0 Å².